The SMILES string of the molecule is CN(C)S(=O)C(=NO)c1ccccc1. The first-order chi connectivity index (χ1) is 6.66. The van der Waals surface area contributed by atoms with Crippen LogP contribution in [0.15, 0.2) is 35.5 Å². The minimum Gasteiger partial charge on any atom is -0.410 e. The Morgan fingerprint density at radius 1 is 1.36 bits per heavy atom. The molecule has 0 aliphatic heterocycles. The van der Waals surface area contributed by atoms with Crippen molar-refractivity contribution in [1.82, 2.24) is 4.31 Å². The lowest BCUT2D eigenvalue weighted by molar-refractivity contribution is 0.320. The van der Waals surface area contributed by atoms with Gasteiger partial charge in [-0.05, 0) is 14.1 Å². The summed E-state index contributed by atoms with van der Waals surface area (Å²) < 4.78 is 13.1. The van der Waals surface area contributed by atoms with E-state index in [2.05, 4.69) is 5.16 Å². The van der Waals surface area contributed by atoms with E-state index in [9.17, 15) is 4.21 Å². The molecule has 1 rings (SSSR count). The Kier molecular flexibility index (Phi) is 3.79. The Hall–Kier alpha value is -1.20. The van der Waals surface area contributed by atoms with Crippen molar-refractivity contribution >= 4 is 16.0 Å². The third kappa shape index (κ3) is 2.40. The molecule has 0 saturated carbocycles. The Labute approximate surface area is 85.4 Å². The van der Waals surface area contributed by atoms with Crippen LogP contribution < -0.4 is 0 Å². The summed E-state index contributed by atoms with van der Waals surface area (Å²) in [5, 5.41) is 12.0. The van der Waals surface area contributed by atoms with Crippen molar-refractivity contribution in [1.29, 1.82) is 0 Å². The van der Waals surface area contributed by atoms with Gasteiger partial charge in [0.25, 0.3) is 0 Å². The highest BCUT2D eigenvalue weighted by molar-refractivity contribution is 7.99. The van der Waals surface area contributed by atoms with Crippen LogP contribution in [0.2, 0.25) is 0 Å². The zero-order valence-corrected chi connectivity index (χ0v) is 8.86. The molecule has 0 aliphatic carbocycles. The summed E-state index contributed by atoms with van der Waals surface area (Å²) in [6.07, 6.45) is 0. The first kappa shape index (κ1) is 10.9. The quantitative estimate of drug-likeness (QED) is 0.345. The van der Waals surface area contributed by atoms with E-state index >= 15 is 0 Å². The number of benzene rings is 1. The summed E-state index contributed by atoms with van der Waals surface area (Å²) in [5.41, 5.74) is 0.655. The van der Waals surface area contributed by atoms with Gasteiger partial charge in [0.15, 0.2) is 5.04 Å². The van der Waals surface area contributed by atoms with Crippen LogP contribution in [0.3, 0.4) is 0 Å². The van der Waals surface area contributed by atoms with Crippen LogP contribution in [0.1, 0.15) is 5.56 Å². The number of hydrogen-bond acceptors (Lipinski definition) is 3. The molecule has 1 aromatic rings. The molecule has 0 aromatic heterocycles. The average Bonchev–Trinajstić information content (AvgIpc) is 2.20. The highest BCUT2D eigenvalue weighted by Gasteiger charge is 2.14. The molecule has 1 unspecified atom stereocenters. The maximum Gasteiger partial charge on any atom is 0.189 e. The predicted octanol–water partition coefficient (Wildman–Crippen LogP) is 1.05. The van der Waals surface area contributed by atoms with Crippen molar-refractivity contribution in [2.75, 3.05) is 14.1 Å². The highest BCUT2D eigenvalue weighted by atomic mass is 32.2. The summed E-state index contributed by atoms with van der Waals surface area (Å²) in [6.45, 7) is 0. The van der Waals surface area contributed by atoms with E-state index in [-0.39, 0.29) is 5.04 Å². The van der Waals surface area contributed by atoms with Gasteiger partial charge in [-0.3, -0.25) is 0 Å². The molecule has 0 fully saturated rings. The second-order valence-electron chi connectivity index (χ2n) is 2.83. The van der Waals surface area contributed by atoms with Gasteiger partial charge in [0.05, 0.1) is 0 Å². The third-order valence-corrected chi connectivity index (χ3v) is 2.92. The molecule has 14 heavy (non-hydrogen) atoms. The minimum atomic E-state index is -1.43. The van der Waals surface area contributed by atoms with Crippen LogP contribution in [-0.4, -0.2) is 32.9 Å². The van der Waals surface area contributed by atoms with Gasteiger partial charge in [0, 0.05) is 5.56 Å². The molecule has 0 aliphatic rings. The van der Waals surface area contributed by atoms with Gasteiger partial charge in [0.2, 0.25) is 0 Å². The third-order valence-electron chi connectivity index (χ3n) is 1.61. The van der Waals surface area contributed by atoms with Crippen LogP contribution in [0.25, 0.3) is 0 Å². The average molecular weight is 212 g/mol. The fourth-order valence-corrected chi connectivity index (χ4v) is 1.70. The Bertz CT molecular complexity index is 349. The topological polar surface area (TPSA) is 52.9 Å². The standard InChI is InChI=1S/C9H12N2O2S/c1-11(2)14(13)9(10-12)8-6-4-3-5-7-8/h3-7,12H,1-2H3. The van der Waals surface area contributed by atoms with Gasteiger partial charge in [-0.25, -0.2) is 8.51 Å². The first-order valence-corrected chi connectivity index (χ1v) is 5.14. The van der Waals surface area contributed by atoms with Gasteiger partial charge < -0.3 is 5.21 Å². The molecule has 4 nitrogen and oxygen atoms in total. The largest absolute Gasteiger partial charge is 0.410 e. The molecule has 76 valence electrons. The normalized spacial score (nSPS) is 14.4. The molecule has 1 atom stereocenters. The zero-order valence-electron chi connectivity index (χ0n) is 8.04. The maximum absolute atomic E-state index is 11.6. The molecule has 0 spiro atoms. The lowest BCUT2D eigenvalue weighted by Gasteiger charge is -2.09. The number of nitrogens with zero attached hydrogens (tertiary/aromatic N) is 2. The van der Waals surface area contributed by atoms with E-state index in [1.165, 1.54) is 4.31 Å². The van der Waals surface area contributed by atoms with Crippen LogP contribution >= 0.6 is 0 Å². The Morgan fingerprint density at radius 2 is 1.93 bits per heavy atom. The number of hydrogen-bond donors (Lipinski definition) is 1. The van der Waals surface area contributed by atoms with E-state index in [0.717, 1.165) is 0 Å². The molecule has 0 saturated heterocycles. The monoisotopic (exact) mass is 212 g/mol. The second kappa shape index (κ2) is 4.88. The summed E-state index contributed by atoms with van der Waals surface area (Å²) in [5.74, 6) is 0. The molecule has 0 radical (unpaired) electrons. The molecule has 0 heterocycles. The van der Waals surface area contributed by atoms with Crippen molar-refractivity contribution in [3.8, 4) is 0 Å². The summed E-state index contributed by atoms with van der Waals surface area (Å²) in [6, 6.07) is 8.94. The van der Waals surface area contributed by atoms with E-state index in [1.54, 1.807) is 38.4 Å². The van der Waals surface area contributed by atoms with Gasteiger partial charge in [-0.15, -0.1) is 0 Å². The fourth-order valence-electron chi connectivity index (χ4n) is 0.947. The predicted molar refractivity (Wildman–Crippen MR) is 56.6 cm³/mol. The van der Waals surface area contributed by atoms with E-state index in [0.29, 0.717) is 5.56 Å². The van der Waals surface area contributed by atoms with Crippen LogP contribution in [0.5, 0.6) is 0 Å². The van der Waals surface area contributed by atoms with Crippen molar-refractivity contribution < 1.29 is 9.42 Å². The van der Waals surface area contributed by atoms with Gasteiger partial charge in [-0.2, -0.15) is 0 Å². The lowest BCUT2D eigenvalue weighted by atomic mass is 10.2. The Morgan fingerprint density at radius 3 is 2.36 bits per heavy atom. The molecule has 5 heteroatoms. The van der Waals surface area contributed by atoms with Crippen molar-refractivity contribution in [2.45, 2.75) is 0 Å². The van der Waals surface area contributed by atoms with Crippen molar-refractivity contribution in [2.24, 2.45) is 5.16 Å². The summed E-state index contributed by atoms with van der Waals surface area (Å²) in [7, 11) is 1.89. The highest BCUT2D eigenvalue weighted by Crippen LogP contribution is 2.05. The lowest BCUT2D eigenvalue weighted by Crippen LogP contribution is -2.23. The smallest absolute Gasteiger partial charge is 0.189 e. The van der Waals surface area contributed by atoms with Crippen molar-refractivity contribution in [3.05, 3.63) is 35.9 Å². The molecule has 0 amide bonds. The molecule has 1 N–H and O–H groups in total. The summed E-state index contributed by atoms with van der Waals surface area (Å²) >= 11 is 0. The van der Waals surface area contributed by atoms with Crippen LogP contribution in [-0.2, 0) is 11.0 Å². The van der Waals surface area contributed by atoms with Crippen molar-refractivity contribution in [3.63, 3.8) is 0 Å². The fraction of sp³-hybridized carbons (Fsp3) is 0.222. The zero-order chi connectivity index (χ0) is 10.6. The Balaban J connectivity index is 3.01. The van der Waals surface area contributed by atoms with E-state index < -0.39 is 11.0 Å². The molecular formula is C9H12N2O2S. The van der Waals surface area contributed by atoms with Crippen LogP contribution in [0, 0.1) is 0 Å². The minimum absolute atomic E-state index is 0.163. The van der Waals surface area contributed by atoms with Gasteiger partial charge >= 0.3 is 0 Å². The number of oxime groups is 1. The first-order valence-electron chi connectivity index (χ1n) is 4.03. The van der Waals surface area contributed by atoms with Crippen LogP contribution in [0.4, 0.5) is 0 Å². The maximum atomic E-state index is 11.6. The number of rotatable bonds is 2. The van der Waals surface area contributed by atoms with E-state index in [1.807, 2.05) is 6.07 Å². The second-order valence-corrected chi connectivity index (χ2v) is 4.45. The van der Waals surface area contributed by atoms with Gasteiger partial charge in [0.1, 0.15) is 11.0 Å². The van der Waals surface area contributed by atoms with Gasteiger partial charge in [-0.1, -0.05) is 35.5 Å². The van der Waals surface area contributed by atoms with E-state index in [4.69, 9.17) is 5.21 Å². The molecule has 1 aromatic carbocycles. The molecule has 0 bridgehead atoms. The summed E-state index contributed by atoms with van der Waals surface area (Å²) in [4.78, 5) is 0. The molecular weight excluding hydrogens is 200 g/mol.